The van der Waals surface area contributed by atoms with Crippen LogP contribution in [0.3, 0.4) is 0 Å². The first-order valence-corrected chi connectivity index (χ1v) is 4.93. The smallest absolute Gasteiger partial charge is 0.159 e. The van der Waals surface area contributed by atoms with Gasteiger partial charge in [0.2, 0.25) is 0 Å². The summed E-state index contributed by atoms with van der Waals surface area (Å²) in [5.41, 5.74) is 0. The van der Waals surface area contributed by atoms with Gasteiger partial charge in [0.1, 0.15) is 11.5 Å². The summed E-state index contributed by atoms with van der Waals surface area (Å²) in [5.74, 6) is 0.104. The van der Waals surface area contributed by atoms with E-state index < -0.39 is 15.1 Å². The summed E-state index contributed by atoms with van der Waals surface area (Å²) in [5, 5.41) is -0.840. The first kappa shape index (κ1) is 9.62. The largest absolute Gasteiger partial charge is 0.302 e. The summed E-state index contributed by atoms with van der Waals surface area (Å²) < 4.78 is 21.9. The zero-order chi connectivity index (χ0) is 8.20. The maximum absolute atomic E-state index is 10.9. The number of sulfone groups is 1. The highest BCUT2D eigenvalue weighted by molar-refractivity contribution is 7.92. The molecule has 0 spiro atoms. The van der Waals surface area contributed by atoms with E-state index in [1.165, 1.54) is 6.92 Å². The van der Waals surface area contributed by atoms with Crippen LogP contribution in [0.5, 0.6) is 0 Å². The molecule has 0 aromatic heterocycles. The molecule has 1 atom stereocenters. The Morgan fingerprint density at radius 2 is 2.00 bits per heavy atom. The molecule has 0 saturated carbocycles. The Morgan fingerprint density at radius 3 is 2.30 bits per heavy atom. The molecule has 0 radical (unpaired) electrons. The van der Waals surface area contributed by atoms with E-state index in [4.69, 9.17) is 0 Å². The van der Waals surface area contributed by atoms with Crippen LogP contribution < -0.4 is 0 Å². The Kier molecular flexibility index (Phi) is 3.57. The van der Waals surface area contributed by atoms with Crippen LogP contribution in [-0.4, -0.2) is 25.7 Å². The van der Waals surface area contributed by atoms with Gasteiger partial charge in [-0.05, 0) is 13.3 Å². The van der Waals surface area contributed by atoms with Gasteiger partial charge in [-0.25, -0.2) is 8.42 Å². The minimum absolute atomic E-state index is 0.104. The molecule has 1 unspecified atom stereocenters. The predicted octanol–water partition coefficient (Wildman–Crippen LogP) is 0.399. The van der Waals surface area contributed by atoms with Gasteiger partial charge in [-0.3, -0.25) is 0 Å². The maximum Gasteiger partial charge on any atom is 0.159 e. The number of carbonyl (C=O) groups excluding carboxylic acids is 1. The number of aldehydes is 1. The molecule has 0 rings (SSSR count). The average molecular weight is 164 g/mol. The van der Waals surface area contributed by atoms with Crippen LogP contribution in [-0.2, 0) is 14.6 Å². The Balaban J connectivity index is 4.26. The van der Waals surface area contributed by atoms with E-state index in [1.807, 2.05) is 0 Å². The van der Waals surface area contributed by atoms with Crippen molar-refractivity contribution >= 4 is 16.1 Å². The van der Waals surface area contributed by atoms with E-state index >= 15 is 0 Å². The molecule has 3 nitrogen and oxygen atoms in total. The topological polar surface area (TPSA) is 51.2 Å². The first-order chi connectivity index (χ1) is 4.54. The monoisotopic (exact) mass is 164 g/mol. The van der Waals surface area contributed by atoms with Crippen LogP contribution in [0.25, 0.3) is 0 Å². The first-order valence-electron chi connectivity index (χ1n) is 3.21. The SMILES string of the molecule is CCCS(=O)(=O)C(C)C=O. The third kappa shape index (κ3) is 2.47. The number of hydrogen-bond acceptors (Lipinski definition) is 3. The van der Waals surface area contributed by atoms with Crippen LogP contribution in [0, 0.1) is 0 Å². The highest BCUT2D eigenvalue weighted by Gasteiger charge is 2.17. The van der Waals surface area contributed by atoms with Gasteiger partial charge in [0.15, 0.2) is 9.84 Å². The van der Waals surface area contributed by atoms with Crippen LogP contribution in [0.1, 0.15) is 20.3 Å². The molecule has 0 aliphatic rings. The lowest BCUT2D eigenvalue weighted by Gasteiger charge is -2.02. The zero-order valence-electron chi connectivity index (χ0n) is 6.20. The molecule has 0 aromatic carbocycles. The number of hydrogen-bond donors (Lipinski definition) is 0. The van der Waals surface area contributed by atoms with Crippen LogP contribution in [0.15, 0.2) is 0 Å². The molecule has 0 saturated heterocycles. The van der Waals surface area contributed by atoms with Crippen LogP contribution >= 0.6 is 0 Å². The minimum Gasteiger partial charge on any atom is -0.302 e. The molecule has 0 N–H and O–H groups in total. The highest BCUT2D eigenvalue weighted by Crippen LogP contribution is 1.99. The van der Waals surface area contributed by atoms with Crippen molar-refractivity contribution in [2.75, 3.05) is 5.75 Å². The van der Waals surface area contributed by atoms with Crippen molar-refractivity contribution in [1.82, 2.24) is 0 Å². The molecule has 0 aromatic rings. The summed E-state index contributed by atoms with van der Waals surface area (Å²) in [6, 6.07) is 0. The van der Waals surface area contributed by atoms with E-state index in [2.05, 4.69) is 0 Å². The normalized spacial score (nSPS) is 14.6. The lowest BCUT2D eigenvalue weighted by atomic mass is 10.5. The number of rotatable bonds is 4. The second-order valence-corrected chi connectivity index (χ2v) is 4.69. The third-order valence-corrected chi connectivity index (χ3v) is 3.47. The second-order valence-electron chi connectivity index (χ2n) is 2.21. The fraction of sp³-hybridized carbons (Fsp3) is 0.833. The Hall–Kier alpha value is -0.380. The summed E-state index contributed by atoms with van der Waals surface area (Å²) >= 11 is 0. The van der Waals surface area contributed by atoms with Crippen molar-refractivity contribution < 1.29 is 13.2 Å². The van der Waals surface area contributed by atoms with Gasteiger partial charge < -0.3 is 4.79 Å². The van der Waals surface area contributed by atoms with Gasteiger partial charge in [0.25, 0.3) is 0 Å². The molecule has 60 valence electrons. The fourth-order valence-electron chi connectivity index (χ4n) is 0.555. The minimum atomic E-state index is -3.13. The van der Waals surface area contributed by atoms with Crippen molar-refractivity contribution in [2.45, 2.75) is 25.5 Å². The van der Waals surface area contributed by atoms with Gasteiger partial charge in [-0.2, -0.15) is 0 Å². The third-order valence-electron chi connectivity index (χ3n) is 1.25. The maximum atomic E-state index is 10.9. The predicted molar refractivity (Wildman–Crippen MR) is 39.6 cm³/mol. The summed E-state index contributed by atoms with van der Waals surface area (Å²) in [4.78, 5) is 10.0. The van der Waals surface area contributed by atoms with Gasteiger partial charge in [0.05, 0.1) is 5.75 Å². The molecule has 0 fully saturated rings. The van der Waals surface area contributed by atoms with Crippen molar-refractivity contribution in [1.29, 1.82) is 0 Å². The fourth-order valence-corrected chi connectivity index (χ4v) is 1.67. The number of carbonyl (C=O) groups is 1. The zero-order valence-corrected chi connectivity index (χ0v) is 7.02. The van der Waals surface area contributed by atoms with Crippen molar-refractivity contribution in [3.63, 3.8) is 0 Å². The second kappa shape index (κ2) is 3.71. The summed E-state index contributed by atoms with van der Waals surface area (Å²) in [7, 11) is -3.13. The standard InChI is InChI=1S/C6H12O3S/c1-3-4-10(8,9)6(2)5-7/h5-6H,3-4H2,1-2H3. The average Bonchev–Trinajstić information content (AvgIpc) is 1.86. The molecule has 0 aliphatic heterocycles. The Bertz CT molecular complexity index is 193. The van der Waals surface area contributed by atoms with Crippen molar-refractivity contribution in [2.24, 2.45) is 0 Å². The van der Waals surface area contributed by atoms with Crippen molar-refractivity contribution in [3.8, 4) is 0 Å². The van der Waals surface area contributed by atoms with Crippen LogP contribution in [0.4, 0.5) is 0 Å². The lowest BCUT2D eigenvalue weighted by Crippen LogP contribution is -2.21. The quantitative estimate of drug-likeness (QED) is 0.565. The van der Waals surface area contributed by atoms with Gasteiger partial charge in [-0.1, -0.05) is 6.92 Å². The molecule has 0 aliphatic carbocycles. The van der Waals surface area contributed by atoms with Gasteiger partial charge in [0, 0.05) is 0 Å². The highest BCUT2D eigenvalue weighted by atomic mass is 32.2. The molecular weight excluding hydrogens is 152 g/mol. The molecule has 0 amide bonds. The summed E-state index contributed by atoms with van der Waals surface area (Å²) in [6.45, 7) is 3.17. The van der Waals surface area contributed by atoms with E-state index in [-0.39, 0.29) is 5.75 Å². The molecule has 0 bridgehead atoms. The molecule has 0 heterocycles. The van der Waals surface area contributed by atoms with E-state index in [1.54, 1.807) is 6.92 Å². The van der Waals surface area contributed by atoms with Crippen molar-refractivity contribution in [3.05, 3.63) is 0 Å². The van der Waals surface area contributed by atoms with Gasteiger partial charge >= 0.3 is 0 Å². The van der Waals surface area contributed by atoms with E-state index in [9.17, 15) is 13.2 Å². The van der Waals surface area contributed by atoms with E-state index in [0.717, 1.165) is 0 Å². The lowest BCUT2D eigenvalue weighted by molar-refractivity contribution is -0.107. The molecule has 4 heteroatoms. The van der Waals surface area contributed by atoms with Gasteiger partial charge in [-0.15, -0.1) is 0 Å². The van der Waals surface area contributed by atoms with Crippen LogP contribution in [0.2, 0.25) is 0 Å². The Labute approximate surface area is 61.4 Å². The van der Waals surface area contributed by atoms with E-state index in [0.29, 0.717) is 12.7 Å². The molecular formula is C6H12O3S. The summed E-state index contributed by atoms with van der Waals surface area (Å²) in [6.07, 6.45) is 1.03. The Morgan fingerprint density at radius 1 is 1.50 bits per heavy atom. The molecule has 10 heavy (non-hydrogen) atoms.